The van der Waals surface area contributed by atoms with Gasteiger partial charge in [-0.15, -0.1) is 0 Å². The summed E-state index contributed by atoms with van der Waals surface area (Å²) in [5.41, 5.74) is 12.4. The van der Waals surface area contributed by atoms with Crippen molar-refractivity contribution in [3.8, 4) is 0 Å². The molecule has 0 saturated heterocycles. The summed E-state index contributed by atoms with van der Waals surface area (Å²) in [4.78, 5) is 35.9. The number of aliphatic imine (C=N–C) groups is 2. The Morgan fingerprint density at radius 2 is 1.07 bits per heavy atom. The molecule has 0 amide bonds. The fraction of sp³-hybridized carbons (Fsp3) is 0.0784. The zero-order valence-corrected chi connectivity index (χ0v) is 32.3. The first-order valence-electron chi connectivity index (χ1n) is 19.5. The van der Waals surface area contributed by atoms with E-state index >= 15 is 0 Å². The number of fused-ring (bicyclic) bond motifs is 10. The fourth-order valence-corrected chi connectivity index (χ4v) is 8.13. The van der Waals surface area contributed by atoms with Crippen LogP contribution < -0.4 is 21.3 Å². The Balaban J connectivity index is 1.42. The molecule has 0 unspecified atom stereocenters. The van der Waals surface area contributed by atoms with Gasteiger partial charge in [0.2, 0.25) is 0 Å². The van der Waals surface area contributed by atoms with Crippen LogP contribution >= 0.6 is 0 Å². The molecule has 6 heterocycles. The molecule has 7 heteroatoms. The summed E-state index contributed by atoms with van der Waals surface area (Å²) in [6.07, 6.45) is 6.02. The molecule has 0 atom stereocenters. The largest absolute Gasteiger partial charge is 0.455 e. The zero-order valence-electron chi connectivity index (χ0n) is 32.3. The van der Waals surface area contributed by atoms with Gasteiger partial charge in [-0.3, -0.25) is 0 Å². The van der Waals surface area contributed by atoms with Crippen LogP contribution in [0.1, 0.15) is 65.7 Å². The molecule has 0 saturated carbocycles. The topological polar surface area (TPSA) is 98.4 Å². The van der Waals surface area contributed by atoms with E-state index in [4.69, 9.17) is 14.7 Å². The predicted molar refractivity (Wildman–Crippen MR) is 232 cm³/mol. The minimum atomic E-state index is -0.721. The SMILES string of the molecule is CC(C)(C)OC(=O)C1=c2c(c3[nH]c2=C(c2ccccc2)c2ccc([nH]2)C(c2ccccc2)=C2C=CC(=N2)C(c2ccccc2)=c2ccc([nH]2)=C3c2ccccc2)C=N1. The average molecular weight is 754 g/mol. The maximum absolute atomic E-state index is 14.1. The molecular weight excluding hydrogens is 715 g/mol. The summed E-state index contributed by atoms with van der Waals surface area (Å²) in [5.74, 6) is -0.483. The van der Waals surface area contributed by atoms with Gasteiger partial charge in [-0.1, -0.05) is 121 Å². The second-order valence-electron chi connectivity index (χ2n) is 15.5. The van der Waals surface area contributed by atoms with Crippen molar-refractivity contribution in [1.29, 1.82) is 0 Å². The number of ether oxygens (including phenoxy) is 1. The van der Waals surface area contributed by atoms with Gasteiger partial charge in [-0.05, 0) is 79.4 Å². The van der Waals surface area contributed by atoms with Crippen LogP contribution in [-0.4, -0.2) is 38.4 Å². The van der Waals surface area contributed by atoms with Crippen molar-refractivity contribution in [2.45, 2.75) is 26.4 Å². The molecule has 8 bridgehead atoms. The lowest BCUT2D eigenvalue weighted by molar-refractivity contribution is -0.147. The van der Waals surface area contributed by atoms with Crippen LogP contribution in [0.3, 0.4) is 0 Å². The van der Waals surface area contributed by atoms with Crippen LogP contribution in [-0.2, 0) is 9.53 Å². The van der Waals surface area contributed by atoms with E-state index in [1.54, 1.807) is 6.21 Å². The van der Waals surface area contributed by atoms with E-state index < -0.39 is 11.6 Å². The molecular formula is C51H39N5O2. The van der Waals surface area contributed by atoms with E-state index in [0.717, 1.165) is 94.6 Å². The number of rotatable bonds is 5. The van der Waals surface area contributed by atoms with Gasteiger partial charge >= 0.3 is 5.97 Å². The molecule has 280 valence electrons. The maximum atomic E-state index is 14.1. The molecule has 3 N–H and O–H groups in total. The zero-order chi connectivity index (χ0) is 39.4. The van der Waals surface area contributed by atoms with Crippen molar-refractivity contribution in [1.82, 2.24) is 15.0 Å². The molecule has 10 rings (SSSR count). The molecule has 0 spiro atoms. The lowest BCUT2D eigenvalue weighted by Crippen LogP contribution is -2.33. The lowest BCUT2D eigenvalue weighted by Gasteiger charge is -2.19. The van der Waals surface area contributed by atoms with Crippen molar-refractivity contribution in [2.24, 2.45) is 9.98 Å². The van der Waals surface area contributed by atoms with E-state index in [-0.39, 0.29) is 5.70 Å². The van der Waals surface area contributed by atoms with Crippen LogP contribution in [0.5, 0.6) is 0 Å². The van der Waals surface area contributed by atoms with Crippen LogP contribution in [0.4, 0.5) is 0 Å². The summed E-state index contributed by atoms with van der Waals surface area (Å²) >= 11 is 0. The van der Waals surface area contributed by atoms with Crippen LogP contribution in [0.2, 0.25) is 0 Å². The fourth-order valence-electron chi connectivity index (χ4n) is 8.13. The third-order valence-electron chi connectivity index (χ3n) is 10.5. The van der Waals surface area contributed by atoms with Gasteiger partial charge in [-0.25, -0.2) is 14.8 Å². The number of aromatic amines is 3. The Kier molecular flexibility index (Phi) is 8.38. The number of hydrogen-bond acceptors (Lipinski definition) is 4. The Bertz CT molecular complexity index is 3150. The normalized spacial score (nSPS) is 14.6. The van der Waals surface area contributed by atoms with Crippen molar-refractivity contribution in [3.63, 3.8) is 0 Å². The van der Waals surface area contributed by atoms with E-state index in [0.29, 0.717) is 5.22 Å². The second kappa shape index (κ2) is 13.9. The predicted octanol–water partition coefficient (Wildman–Crippen LogP) is 7.03. The number of H-pyrrole nitrogens is 3. The smallest absolute Gasteiger partial charge is 0.358 e. The third-order valence-corrected chi connectivity index (χ3v) is 10.5. The van der Waals surface area contributed by atoms with Crippen LogP contribution in [0.15, 0.2) is 173 Å². The highest BCUT2D eigenvalue weighted by Gasteiger charge is 2.29. The Morgan fingerprint density at radius 3 is 1.66 bits per heavy atom. The summed E-state index contributed by atoms with van der Waals surface area (Å²) in [5, 5.41) is 3.25. The van der Waals surface area contributed by atoms with Gasteiger partial charge in [0, 0.05) is 61.4 Å². The Labute approximate surface area is 335 Å². The first-order chi connectivity index (χ1) is 28.3. The van der Waals surface area contributed by atoms with Crippen LogP contribution in [0.25, 0.3) is 28.0 Å². The summed E-state index contributed by atoms with van der Waals surface area (Å²) in [6, 6.07) is 49.8. The third kappa shape index (κ3) is 6.14. The Morgan fingerprint density at radius 1 is 0.552 bits per heavy atom. The highest BCUT2D eigenvalue weighted by atomic mass is 16.6. The molecule has 3 aliphatic heterocycles. The van der Waals surface area contributed by atoms with Crippen molar-refractivity contribution in [3.05, 3.63) is 230 Å². The van der Waals surface area contributed by atoms with Gasteiger partial charge in [0.05, 0.1) is 22.5 Å². The number of hydrogen-bond donors (Lipinski definition) is 3. The van der Waals surface area contributed by atoms with Crippen LogP contribution in [0, 0.1) is 0 Å². The molecule has 0 radical (unpaired) electrons. The standard InChI is InChI=1S/C51H39N5O2/c1-51(2,3)58-50(57)49-46-35(30-52-49)47-44(33-20-12-6-13-21-33)40-28-26-38(54-40)42(31-16-8-4-9-17-31)36-24-25-37(53-36)43(32-18-10-5-11-19-32)39-27-29-41(55-39)45(48(46)56-47)34-22-14-7-15-23-34/h4-30,54-56H,1-3H3. The maximum Gasteiger partial charge on any atom is 0.358 e. The number of carbonyl (C=O) groups is 1. The number of nitrogens with one attached hydrogen (secondary N) is 3. The molecule has 4 aromatic carbocycles. The quantitative estimate of drug-likeness (QED) is 0.165. The average Bonchev–Trinajstić information content (AvgIpc) is 4.09. The summed E-state index contributed by atoms with van der Waals surface area (Å²) in [6.45, 7) is 5.62. The summed E-state index contributed by atoms with van der Waals surface area (Å²) in [7, 11) is 0. The van der Waals surface area contributed by atoms with Gasteiger partial charge in [0.1, 0.15) is 5.60 Å². The summed E-state index contributed by atoms with van der Waals surface area (Å²) < 4.78 is 6.01. The molecule has 0 aliphatic carbocycles. The minimum Gasteiger partial charge on any atom is -0.455 e. The van der Waals surface area contributed by atoms with Crippen molar-refractivity contribution >= 4 is 45.9 Å². The number of allylic oxidation sites excluding steroid dienone is 2. The number of esters is 1. The lowest BCUT2D eigenvalue weighted by atomic mass is 9.99. The first-order valence-corrected chi connectivity index (χ1v) is 19.5. The van der Waals surface area contributed by atoms with E-state index in [1.807, 2.05) is 69.3 Å². The van der Waals surface area contributed by atoms with Crippen molar-refractivity contribution < 1.29 is 9.53 Å². The van der Waals surface area contributed by atoms with E-state index in [1.165, 1.54) is 0 Å². The Hall–Kier alpha value is -7.51. The minimum absolute atomic E-state index is 0.254. The van der Waals surface area contributed by atoms with Gasteiger partial charge in [0.25, 0.3) is 0 Å². The second-order valence-corrected chi connectivity index (χ2v) is 15.5. The highest BCUT2D eigenvalue weighted by molar-refractivity contribution is 6.30. The number of benzene rings is 4. The molecule has 7 nitrogen and oxygen atoms in total. The van der Waals surface area contributed by atoms with Gasteiger partial charge in [0.15, 0.2) is 5.70 Å². The molecule has 3 aliphatic rings. The molecule has 7 aromatic rings. The van der Waals surface area contributed by atoms with Gasteiger partial charge < -0.3 is 19.7 Å². The van der Waals surface area contributed by atoms with E-state index in [2.05, 4.69) is 124 Å². The first kappa shape index (κ1) is 34.9. The van der Waals surface area contributed by atoms with E-state index in [9.17, 15) is 4.79 Å². The highest BCUT2D eigenvalue weighted by Crippen LogP contribution is 2.33. The number of carbonyl (C=O) groups excluding carboxylic acids is 1. The van der Waals surface area contributed by atoms with Gasteiger partial charge in [-0.2, -0.15) is 0 Å². The number of nitrogens with zero attached hydrogens (tertiary/aromatic N) is 2. The molecule has 58 heavy (non-hydrogen) atoms. The molecule has 0 fully saturated rings. The monoisotopic (exact) mass is 753 g/mol. The number of aromatic nitrogens is 3. The molecule has 3 aromatic heterocycles. The van der Waals surface area contributed by atoms with Crippen molar-refractivity contribution in [2.75, 3.05) is 0 Å².